The number of nitrogens with zero attached hydrogens (tertiary/aromatic N) is 2. The Balaban J connectivity index is 1.94. The molecule has 2 aromatic carbocycles. The third-order valence-corrected chi connectivity index (χ3v) is 4.28. The van der Waals surface area contributed by atoms with Crippen LogP contribution in [-0.2, 0) is 9.53 Å². The van der Waals surface area contributed by atoms with Gasteiger partial charge in [-0.25, -0.2) is 9.79 Å². The molecule has 0 N–H and O–H groups in total. The van der Waals surface area contributed by atoms with E-state index in [1.807, 2.05) is 48.5 Å². The summed E-state index contributed by atoms with van der Waals surface area (Å²) in [5, 5.41) is 0. The third-order valence-electron chi connectivity index (χ3n) is 4.28. The molecule has 26 heavy (non-hydrogen) atoms. The lowest BCUT2D eigenvalue weighted by Gasteiger charge is -2.22. The van der Waals surface area contributed by atoms with Crippen LogP contribution in [0.3, 0.4) is 0 Å². The molecule has 3 rings (SSSR count). The minimum absolute atomic E-state index is 0.262. The van der Waals surface area contributed by atoms with Gasteiger partial charge in [0.1, 0.15) is 5.75 Å². The van der Waals surface area contributed by atoms with E-state index < -0.39 is 5.97 Å². The molecule has 1 heterocycles. The van der Waals surface area contributed by atoms with Crippen LogP contribution in [0.2, 0.25) is 0 Å². The quantitative estimate of drug-likeness (QED) is 0.586. The van der Waals surface area contributed by atoms with E-state index in [2.05, 4.69) is 23.7 Å². The monoisotopic (exact) mass is 350 g/mol. The van der Waals surface area contributed by atoms with Crippen LogP contribution in [0.15, 0.2) is 59.2 Å². The van der Waals surface area contributed by atoms with E-state index in [-0.39, 0.29) is 5.70 Å². The van der Waals surface area contributed by atoms with Crippen molar-refractivity contribution >= 4 is 23.6 Å². The maximum atomic E-state index is 12.2. The second kappa shape index (κ2) is 7.87. The van der Waals surface area contributed by atoms with Gasteiger partial charge in [0.2, 0.25) is 5.90 Å². The first kappa shape index (κ1) is 17.7. The number of aliphatic imine (C=N–C) groups is 1. The number of hydrogen-bond acceptors (Lipinski definition) is 5. The van der Waals surface area contributed by atoms with Crippen molar-refractivity contribution in [3.63, 3.8) is 0 Å². The van der Waals surface area contributed by atoms with Gasteiger partial charge in [0.05, 0.1) is 7.11 Å². The first-order valence-electron chi connectivity index (χ1n) is 8.67. The average Bonchev–Trinajstić information content (AvgIpc) is 3.05. The highest BCUT2D eigenvalue weighted by molar-refractivity contribution is 6.12. The van der Waals surface area contributed by atoms with Crippen LogP contribution >= 0.6 is 0 Å². The highest BCUT2D eigenvalue weighted by atomic mass is 16.6. The number of carbonyl (C=O) groups is 1. The summed E-state index contributed by atoms with van der Waals surface area (Å²) in [7, 11) is 1.62. The molecule has 0 aliphatic carbocycles. The standard InChI is InChI=1S/C21H22N2O3/c1-4-23(5-2)17-12-11-16(19(14-17)25-3)13-18-21(24)26-20(22-18)15-9-7-6-8-10-15/h6-14H,4-5H2,1-3H3/b18-13+. The minimum Gasteiger partial charge on any atom is -0.496 e. The molecule has 0 saturated heterocycles. The molecule has 134 valence electrons. The second-order valence-corrected chi connectivity index (χ2v) is 5.80. The summed E-state index contributed by atoms with van der Waals surface area (Å²) in [4.78, 5) is 18.7. The summed E-state index contributed by atoms with van der Waals surface area (Å²) < 4.78 is 10.8. The number of esters is 1. The normalized spacial score (nSPS) is 15.0. The van der Waals surface area contributed by atoms with Gasteiger partial charge in [-0.15, -0.1) is 0 Å². The van der Waals surface area contributed by atoms with Crippen molar-refractivity contribution in [1.29, 1.82) is 0 Å². The van der Waals surface area contributed by atoms with Gasteiger partial charge in [-0.3, -0.25) is 0 Å². The zero-order valence-electron chi connectivity index (χ0n) is 15.2. The van der Waals surface area contributed by atoms with Crippen LogP contribution in [-0.4, -0.2) is 32.1 Å². The first-order valence-corrected chi connectivity index (χ1v) is 8.67. The smallest absolute Gasteiger partial charge is 0.363 e. The Hall–Kier alpha value is -3.08. The molecule has 1 aliphatic heterocycles. The van der Waals surface area contributed by atoms with E-state index in [1.165, 1.54) is 0 Å². The molecule has 1 aliphatic rings. The lowest BCUT2D eigenvalue weighted by atomic mass is 10.1. The van der Waals surface area contributed by atoms with Crippen molar-refractivity contribution in [3.8, 4) is 5.75 Å². The highest BCUT2D eigenvalue weighted by Gasteiger charge is 2.24. The zero-order chi connectivity index (χ0) is 18.5. The van der Waals surface area contributed by atoms with Crippen LogP contribution in [0, 0.1) is 0 Å². The Morgan fingerprint density at radius 2 is 1.85 bits per heavy atom. The molecule has 0 saturated carbocycles. The van der Waals surface area contributed by atoms with Crippen molar-refractivity contribution in [2.75, 3.05) is 25.1 Å². The van der Waals surface area contributed by atoms with Crippen LogP contribution in [0.5, 0.6) is 5.75 Å². The largest absolute Gasteiger partial charge is 0.496 e. The molecular weight excluding hydrogens is 328 g/mol. The van der Waals surface area contributed by atoms with E-state index in [1.54, 1.807) is 13.2 Å². The molecule has 2 aromatic rings. The summed E-state index contributed by atoms with van der Waals surface area (Å²) in [6.07, 6.45) is 1.70. The Labute approximate surface area is 153 Å². The van der Waals surface area contributed by atoms with E-state index in [0.717, 1.165) is 29.9 Å². The molecule has 0 atom stereocenters. The molecule has 0 fully saturated rings. The Kier molecular flexibility index (Phi) is 5.37. The van der Waals surface area contributed by atoms with Crippen molar-refractivity contribution in [1.82, 2.24) is 0 Å². The number of hydrogen-bond donors (Lipinski definition) is 0. The van der Waals surface area contributed by atoms with Gasteiger partial charge < -0.3 is 14.4 Å². The average molecular weight is 350 g/mol. The maximum absolute atomic E-state index is 12.2. The molecular formula is C21H22N2O3. The lowest BCUT2D eigenvalue weighted by molar-refractivity contribution is -0.129. The predicted octanol–water partition coefficient (Wildman–Crippen LogP) is 3.89. The van der Waals surface area contributed by atoms with Crippen molar-refractivity contribution in [3.05, 3.63) is 65.4 Å². The molecule has 5 heteroatoms. The first-order chi connectivity index (χ1) is 12.7. The number of methoxy groups -OCH3 is 1. The number of cyclic esters (lactones) is 1. The van der Waals surface area contributed by atoms with Gasteiger partial charge in [-0.2, -0.15) is 0 Å². The summed E-state index contributed by atoms with van der Waals surface area (Å²) in [5.41, 5.74) is 2.90. The van der Waals surface area contributed by atoms with E-state index in [4.69, 9.17) is 9.47 Å². The number of ether oxygens (including phenoxy) is 2. The fraction of sp³-hybridized carbons (Fsp3) is 0.238. The van der Waals surface area contributed by atoms with E-state index in [9.17, 15) is 4.79 Å². The minimum atomic E-state index is -0.460. The van der Waals surface area contributed by atoms with E-state index in [0.29, 0.717) is 11.6 Å². The van der Waals surface area contributed by atoms with Gasteiger partial charge >= 0.3 is 5.97 Å². The fourth-order valence-electron chi connectivity index (χ4n) is 2.87. The van der Waals surface area contributed by atoms with Gasteiger partial charge in [0.15, 0.2) is 5.70 Å². The Bertz CT molecular complexity index is 853. The van der Waals surface area contributed by atoms with E-state index >= 15 is 0 Å². The molecule has 0 radical (unpaired) electrons. The number of anilines is 1. The highest BCUT2D eigenvalue weighted by Crippen LogP contribution is 2.29. The third kappa shape index (κ3) is 3.61. The second-order valence-electron chi connectivity index (χ2n) is 5.80. The predicted molar refractivity (Wildman–Crippen MR) is 104 cm³/mol. The zero-order valence-corrected chi connectivity index (χ0v) is 15.2. The van der Waals surface area contributed by atoms with Gasteiger partial charge in [0, 0.05) is 36.0 Å². The summed E-state index contributed by atoms with van der Waals surface area (Å²) in [5.74, 6) is 0.553. The van der Waals surface area contributed by atoms with Crippen LogP contribution < -0.4 is 9.64 Å². The molecule has 0 aromatic heterocycles. The van der Waals surface area contributed by atoms with Crippen LogP contribution in [0.1, 0.15) is 25.0 Å². The number of rotatable bonds is 6. The van der Waals surface area contributed by atoms with Gasteiger partial charge in [-0.1, -0.05) is 18.2 Å². The van der Waals surface area contributed by atoms with Crippen molar-refractivity contribution < 1.29 is 14.3 Å². The van der Waals surface area contributed by atoms with Crippen molar-refractivity contribution in [2.45, 2.75) is 13.8 Å². The summed E-state index contributed by atoms with van der Waals surface area (Å²) >= 11 is 0. The number of benzene rings is 2. The molecule has 0 spiro atoms. The topological polar surface area (TPSA) is 51.1 Å². The van der Waals surface area contributed by atoms with Gasteiger partial charge in [0.25, 0.3) is 0 Å². The molecule has 0 unspecified atom stereocenters. The molecule has 5 nitrogen and oxygen atoms in total. The SMILES string of the molecule is CCN(CC)c1ccc(/C=C2/N=C(c3ccccc3)OC2=O)c(OC)c1. The Morgan fingerprint density at radius 1 is 1.12 bits per heavy atom. The van der Waals surface area contributed by atoms with Crippen LogP contribution in [0.25, 0.3) is 6.08 Å². The fourth-order valence-corrected chi connectivity index (χ4v) is 2.87. The molecule has 0 amide bonds. The van der Waals surface area contributed by atoms with Crippen molar-refractivity contribution in [2.24, 2.45) is 4.99 Å². The number of carbonyl (C=O) groups excluding carboxylic acids is 1. The summed E-state index contributed by atoms with van der Waals surface area (Å²) in [6, 6.07) is 15.3. The van der Waals surface area contributed by atoms with Crippen LogP contribution in [0.4, 0.5) is 5.69 Å². The lowest BCUT2D eigenvalue weighted by Crippen LogP contribution is -2.21. The summed E-state index contributed by atoms with van der Waals surface area (Å²) in [6.45, 7) is 6.05. The molecule has 0 bridgehead atoms. The van der Waals surface area contributed by atoms with Gasteiger partial charge in [-0.05, 0) is 44.2 Å². The Morgan fingerprint density at radius 3 is 2.50 bits per heavy atom. The maximum Gasteiger partial charge on any atom is 0.363 e.